The Labute approximate surface area is 248 Å². The molecular weight excluding hydrogens is 622 g/mol. The molecule has 5 N–H and O–H groups in total. The van der Waals surface area contributed by atoms with Crippen molar-refractivity contribution in [3.8, 4) is 5.75 Å². The molecule has 1 fully saturated rings. The quantitative estimate of drug-likeness (QED) is 0.134. The lowest BCUT2D eigenvalue weighted by molar-refractivity contribution is -0.195. The molecule has 0 radical (unpaired) electrons. The average Bonchev–Trinajstić information content (AvgIpc) is 3.45. The molecule has 1 saturated heterocycles. The maximum absolute atomic E-state index is 14.5. The van der Waals surface area contributed by atoms with E-state index in [2.05, 4.69) is 25.4 Å². The molecule has 0 amide bonds. The summed E-state index contributed by atoms with van der Waals surface area (Å²) in [4.78, 5) is 20.9. The molecule has 0 unspecified atom stereocenters. The second-order valence-corrected chi connectivity index (χ2v) is 12.1. The van der Waals surface area contributed by atoms with Gasteiger partial charge in [-0.2, -0.15) is 28.2 Å². The van der Waals surface area contributed by atoms with Gasteiger partial charge in [0.2, 0.25) is 10.8 Å². The fourth-order valence-electron chi connectivity index (χ4n) is 4.25. The summed E-state index contributed by atoms with van der Waals surface area (Å²) in [7, 11) is -3.02. The maximum atomic E-state index is 14.5. The lowest BCUT2D eigenvalue weighted by atomic mass is 9.98. The van der Waals surface area contributed by atoms with Gasteiger partial charge in [-0.1, -0.05) is 18.2 Å². The highest BCUT2D eigenvalue weighted by Gasteiger charge is 2.71. The average molecular weight is 652 g/mol. The summed E-state index contributed by atoms with van der Waals surface area (Å²) >= 11 is 6.15. The van der Waals surface area contributed by atoms with Crippen molar-refractivity contribution in [2.75, 3.05) is 24.7 Å². The molecule has 0 aliphatic carbocycles. The fourth-order valence-corrected chi connectivity index (χ4v) is 6.05. The number of hydrogen-bond acceptors (Lipinski definition) is 12. The number of nitrogen functional groups attached to an aromatic ring is 1. The van der Waals surface area contributed by atoms with Gasteiger partial charge in [-0.05, 0) is 32.9 Å². The van der Waals surface area contributed by atoms with Crippen LogP contribution in [-0.4, -0.2) is 79.7 Å². The smallest absolute Gasteiger partial charge is 0.459 e. The number of aromatic nitrogens is 4. The highest BCUT2D eigenvalue weighted by Crippen LogP contribution is 2.55. The Hall–Kier alpha value is -3.21. The SMILES string of the molecule is CNc1nc(N)nc2c1ncn2[C@@H]1O[C@H](CO[P@@](=O)(N[C@H](C)C(=O)OC(C)C)Oc2ccccc2)[C@@H](O)[C@]1(Cl)C(F)(F)F. The number of rotatable bonds is 11. The van der Waals surface area contributed by atoms with E-state index in [-0.39, 0.29) is 28.7 Å². The predicted molar refractivity (Wildman–Crippen MR) is 148 cm³/mol. The molecule has 14 nitrogen and oxygen atoms in total. The number of aliphatic hydroxyl groups is 1. The molecule has 2 aromatic heterocycles. The van der Waals surface area contributed by atoms with E-state index < -0.39 is 62.0 Å². The Morgan fingerprint density at radius 3 is 2.56 bits per heavy atom. The summed E-state index contributed by atoms with van der Waals surface area (Å²) in [6.07, 6.45) is -11.1. The molecule has 1 aromatic carbocycles. The van der Waals surface area contributed by atoms with Gasteiger partial charge in [0.25, 0.3) is 0 Å². The van der Waals surface area contributed by atoms with Crippen molar-refractivity contribution >= 4 is 48.2 Å². The lowest BCUT2D eigenvalue weighted by Crippen LogP contribution is -2.53. The van der Waals surface area contributed by atoms with Gasteiger partial charge >= 0.3 is 19.9 Å². The number of nitrogens with two attached hydrogens (primary N) is 1. The Morgan fingerprint density at radius 2 is 1.95 bits per heavy atom. The summed E-state index contributed by atoms with van der Waals surface area (Å²) in [5.74, 6) is -0.891. The van der Waals surface area contributed by atoms with Crippen LogP contribution in [0.4, 0.5) is 24.9 Å². The number of anilines is 2. The second-order valence-electron chi connectivity index (χ2n) is 9.78. The first-order chi connectivity index (χ1) is 20.1. The molecule has 3 heterocycles. The van der Waals surface area contributed by atoms with Gasteiger partial charge in [0.1, 0.15) is 24.0 Å². The Bertz CT molecular complexity index is 1500. The van der Waals surface area contributed by atoms with Gasteiger partial charge < -0.3 is 30.2 Å². The van der Waals surface area contributed by atoms with E-state index in [9.17, 15) is 27.6 Å². The number of carbonyl (C=O) groups excluding carboxylic acids is 1. The van der Waals surface area contributed by atoms with E-state index in [0.29, 0.717) is 0 Å². The Balaban J connectivity index is 1.65. The van der Waals surface area contributed by atoms with Crippen molar-refractivity contribution in [3.63, 3.8) is 0 Å². The molecule has 19 heteroatoms. The van der Waals surface area contributed by atoms with Crippen molar-refractivity contribution in [1.82, 2.24) is 24.6 Å². The molecule has 43 heavy (non-hydrogen) atoms. The molecule has 1 aliphatic heterocycles. The minimum Gasteiger partial charge on any atom is -0.462 e. The number of para-hydroxylation sites is 1. The number of aliphatic hydroxyl groups excluding tert-OH is 1. The first-order valence-corrected chi connectivity index (χ1v) is 14.8. The van der Waals surface area contributed by atoms with Crippen LogP contribution in [0.3, 0.4) is 0 Å². The van der Waals surface area contributed by atoms with Crippen LogP contribution in [0.1, 0.15) is 27.0 Å². The van der Waals surface area contributed by atoms with Crippen molar-refractivity contribution in [2.24, 2.45) is 0 Å². The van der Waals surface area contributed by atoms with Crippen LogP contribution < -0.4 is 20.7 Å². The third-order valence-electron chi connectivity index (χ3n) is 6.24. The van der Waals surface area contributed by atoms with E-state index in [1.54, 1.807) is 32.0 Å². The molecule has 4 rings (SSSR count). The van der Waals surface area contributed by atoms with E-state index in [0.717, 1.165) is 10.9 Å². The van der Waals surface area contributed by atoms with Gasteiger partial charge in [0, 0.05) is 7.05 Å². The van der Waals surface area contributed by atoms with E-state index in [4.69, 9.17) is 35.9 Å². The zero-order valence-corrected chi connectivity index (χ0v) is 24.9. The number of carbonyl (C=O) groups is 1. The third kappa shape index (κ3) is 6.66. The molecular formula is C24H30ClF3N7O7P. The van der Waals surface area contributed by atoms with Gasteiger partial charge in [0.15, 0.2) is 23.2 Å². The number of nitrogens with one attached hydrogen (secondary N) is 2. The monoisotopic (exact) mass is 651 g/mol. The Morgan fingerprint density at radius 1 is 1.28 bits per heavy atom. The van der Waals surface area contributed by atoms with Crippen LogP contribution in [0.5, 0.6) is 5.75 Å². The van der Waals surface area contributed by atoms with Crippen molar-refractivity contribution in [2.45, 2.75) is 62.4 Å². The summed E-state index contributed by atoms with van der Waals surface area (Å²) < 4.78 is 79.8. The normalized spacial score (nSPS) is 24.6. The zero-order valence-electron chi connectivity index (χ0n) is 23.3. The van der Waals surface area contributed by atoms with Gasteiger partial charge in [0.05, 0.1) is 19.0 Å². The van der Waals surface area contributed by atoms with Crippen molar-refractivity contribution in [3.05, 3.63) is 36.7 Å². The zero-order chi connectivity index (χ0) is 31.7. The summed E-state index contributed by atoms with van der Waals surface area (Å²) in [5, 5.41) is 16.0. The minimum atomic E-state index is -5.24. The topological polar surface area (TPSA) is 185 Å². The van der Waals surface area contributed by atoms with Crippen molar-refractivity contribution < 1.29 is 46.2 Å². The summed E-state index contributed by atoms with van der Waals surface area (Å²) in [6, 6.07) is 6.45. The molecule has 3 aromatic rings. The number of fused-ring (bicyclic) bond motifs is 1. The van der Waals surface area contributed by atoms with Gasteiger partial charge in [-0.3, -0.25) is 13.9 Å². The highest BCUT2D eigenvalue weighted by atomic mass is 35.5. The molecule has 6 atom stereocenters. The largest absolute Gasteiger partial charge is 0.462 e. The van der Waals surface area contributed by atoms with Crippen molar-refractivity contribution in [1.29, 1.82) is 0 Å². The highest BCUT2D eigenvalue weighted by molar-refractivity contribution is 7.52. The van der Waals surface area contributed by atoms with Gasteiger partial charge in [-0.15, -0.1) is 11.6 Å². The number of nitrogens with zero attached hydrogens (tertiary/aromatic N) is 4. The lowest BCUT2D eigenvalue weighted by Gasteiger charge is -2.32. The summed E-state index contributed by atoms with van der Waals surface area (Å²) in [5.41, 5.74) is 5.62. The standard InChI is InChI=1S/C24H30ClF3N7O7P/c1-12(2)40-20(37)13(3)34-43(38,42-14-8-6-5-7-9-14)39-10-15-17(36)23(25,24(26,27)28)21(41-15)35-11-31-16-18(30-4)32-22(29)33-19(16)35/h5-9,11-13,15,17,21,36H,10H2,1-4H3,(H,34,38)(H3,29,30,32,33)/t13-,15-,17-,21-,23-,43+/m1/s1. The number of imidazole rings is 1. The Kier molecular flexibility index (Phi) is 9.44. The summed E-state index contributed by atoms with van der Waals surface area (Å²) in [6.45, 7) is 3.63. The molecule has 1 aliphatic rings. The van der Waals surface area contributed by atoms with Crippen LogP contribution in [0.25, 0.3) is 11.2 Å². The molecule has 236 valence electrons. The second kappa shape index (κ2) is 12.4. The number of hydrogen-bond donors (Lipinski definition) is 4. The first-order valence-electron chi connectivity index (χ1n) is 12.8. The van der Waals surface area contributed by atoms with E-state index in [1.807, 2.05) is 0 Å². The van der Waals surface area contributed by atoms with Crippen LogP contribution in [0, 0.1) is 0 Å². The van der Waals surface area contributed by atoms with Crippen LogP contribution >= 0.6 is 19.3 Å². The van der Waals surface area contributed by atoms with Crippen LogP contribution in [0.2, 0.25) is 0 Å². The number of halogens is 4. The third-order valence-corrected chi connectivity index (χ3v) is 8.51. The number of esters is 1. The number of ether oxygens (including phenoxy) is 2. The minimum absolute atomic E-state index is 0.0537. The fraction of sp³-hybridized carbons (Fsp3) is 0.500. The van der Waals surface area contributed by atoms with E-state index >= 15 is 0 Å². The van der Waals surface area contributed by atoms with E-state index in [1.165, 1.54) is 26.1 Å². The molecule has 0 bridgehead atoms. The van der Waals surface area contributed by atoms with Gasteiger partial charge in [-0.25, -0.2) is 9.55 Å². The first kappa shape index (κ1) is 32.7. The molecule has 0 saturated carbocycles. The maximum Gasteiger partial charge on any atom is 0.459 e. The van der Waals surface area contributed by atoms with Crippen LogP contribution in [-0.2, 0) is 23.4 Å². The number of benzene rings is 1. The predicted octanol–water partition coefficient (Wildman–Crippen LogP) is 3.38. The van der Waals surface area contributed by atoms with Crippen LogP contribution in [0.15, 0.2) is 36.7 Å². The molecule has 0 spiro atoms. The number of alkyl halides is 4.